The standard InChI is InChI=1S/C35H41ClN2O9/c1-35(2,20-39)19-38-27-14-11-22(36)17-25(27)31(24-7-6-8-29(43-3)32(24)44-4)47-30(33(38)41)18-28(40)26(37)15-16-46-23-12-9-21(10-13-23)34(42)45-5/h6-14,17,26,30-31,39H,15-16,18-20,37H2,1-5H3/t26?,30-,31-/m1/s1. The summed E-state index contributed by atoms with van der Waals surface area (Å²) in [7, 11) is 4.33. The van der Waals surface area contributed by atoms with Gasteiger partial charge in [0.25, 0.3) is 5.91 Å². The van der Waals surface area contributed by atoms with Crippen LogP contribution in [0.1, 0.15) is 54.3 Å². The zero-order chi connectivity index (χ0) is 34.3. The Morgan fingerprint density at radius 3 is 2.40 bits per heavy atom. The van der Waals surface area contributed by atoms with E-state index in [1.807, 2.05) is 13.8 Å². The fourth-order valence-corrected chi connectivity index (χ4v) is 5.49. The molecule has 12 heteroatoms. The highest BCUT2D eigenvalue weighted by Gasteiger charge is 2.41. The molecule has 1 heterocycles. The van der Waals surface area contributed by atoms with Crippen LogP contribution in [-0.4, -0.2) is 76.0 Å². The molecule has 11 nitrogen and oxygen atoms in total. The number of ketones is 1. The minimum Gasteiger partial charge on any atom is -0.494 e. The van der Waals surface area contributed by atoms with E-state index in [0.29, 0.717) is 44.6 Å². The Kier molecular flexibility index (Phi) is 11.9. The first-order valence-corrected chi connectivity index (χ1v) is 15.5. The summed E-state index contributed by atoms with van der Waals surface area (Å²) in [5, 5.41) is 10.5. The van der Waals surface area contributed by atoms with Gasteiger partial charge in [0.05, 0.1) is 39.5 Å². The number of fused-ring (bicyclic) bond motifs is 1. The number of methoxy groups -OCH3 is 3. The predicted octanol–water partition coefficient (Wildman–Crippen LogP) is 4.74. The van der Waals surface area contributed by atoms with Crippen molar-refractivity contribution in [2.75, 3.05) is 46.0 Å². The molecule has 1 amide bonds. The van der Waals surface area contributed by atoms with Gasteiger partial charge in [0.2, 0.25) is 0 Å². The summed E-state index contributed by atoms with van der Waals surface area (Å²) >= 11 is 6.48. The van der Waals surface area contributed by atoms with E-state index in [4.69, 9.17) is 41.0 Å². The quantitative estimate of drug-likeness (QED) is 0.231. The van der Waals surface area contributed by atoms with Gasteiger partial charge in [-0.05, 0) is 48.5 Å². The van der Waals surface area contributed by atoms with E-state index in [0.717, 1.165) is 0 Å². The number of para-hydroxylation sites is 1. The molecule has 0 saturated heterocycles. The van der Waals surface area contributed by atoms with Gasteiger partial charge < -0.3 is 39.4 Å². The molecule has 0 saturated carbocycles. The van der Waals surface area contributed by atoms with Crippen LogP contribution in [0.25, 0.3) is 0 Å². The molecule has 47 heavy (non-hydrogen) atoms. The molecule has 3 atom stereocenters. The normalized spacial score (nSPS) is 16.9. The van der Waals surface area contributed by atoms with Crippen LogP contribution in [0, 0.1) is 5.41 Å². The maximum Gasteiger partial charge on any atom is 0.337 e. The number of hydrogen-bond acceptors (Lipinski definition) is 10. The third-order valence-corrected chi connectivity index (χ3v) is 8.14. The number of esters is 1. The molecule has 0 radical (unpaired) electrons. The number of amides is 1. The molecule has 3 aromatic rings. The van der Waals surface area contributed by atoms with Crippen molar-refractivity contribution < 1.29 is 43.2 Å². The lowest BCUT2D eigenvalue weighted by Gasteiger charge is -2.32. The Bertz CT molecular complexity index is 1580. The van der Waals surface area contributed by atoms with Crippen LogP contribution in [0.2, 0.25) is 5.02 Å². The lowest BCUT2D eigenvalue weighted by molar-refractivity contribution is -0.138. The van der Waals surface area contributed by atoms with Crippen LogP contribution in [-0.2, 0) is 19.1 Å². The lowest BCUT2D eigenvalue weighted by atomic mass is 9.92. The van der Waals surface area contributed by atoms with Gasteiger partial charge in [0.1, 0.15) is 18.0 Å². The monoisotopic (exact) mass is 668 g/mol. The number of rotatable bonds is 14. The third-order valence-electron chi connectivity index (χ3n) is 7.91. The molecule has 0 aliphatic carbocycles. The SMILES string of the molecule is COC(=O)c1ccc(OCCC(N)C(=O)C[C@H]2O[C@H](c3cccc(OC)c3OC)c3cc(Cl)ccc3N(CC(C)(C)CO)C2=O)cc1. The molecule has 1 unspecified atom stereocenters. The first kappa shape index (κ1) is 35.7. The zero-order valence-corrected chi connectivity index (χ0v) is 27.9. The summed E-state index contributed by atoms with van der Waals surface area (Å²) in [4.78, 5) is 41.0. The van der Waals surface area contributed by atoms with Gasteiger partial charge in [-0.15, -0.1) is 0 Å². The van der Waals surface area contributed by atoms with Crippen molar-refractivity contribution in [1.82, 2.24) is 0 Å². The van der Waals surface area contributed by atoms with Crippen molar-refractivity contribution in [2.24, 2.45) is 11.1 Å². The van der Waals surface area contributed by atoms with Crippen molar-refractivity contribution in [3.05, 3.63) is 82.4 Å². The largest absolute Gasteiger partial charge is 0.494 e. The number of aliphatic hydroxyl groups is 1. The summed E-state index contributed by atoms with van der Waals surface area (Å²) in [5.74, 6) is 0.0442. The number of carbonyl (C=O) groups is 3. The highest BCUT2D eigenvalue weighted by Crippen LogP contribution is 2.45. The molecule has 0 bridgehead atoms. The Balaban J connectivity index is 1.62. The number of anilines is 1. The maximum absolute atomic E-state index is 14.3. The fraction of sp³-hybridized carbons (Fsp3) is 0.400. The lowest BCUT2D eigenvalue weighted by Crippen LogP contribution is -2.47. The van der Waals surface area contributed by atoms with Crippen LogP contribution in [0.4, 0.5) is 5.69 Å². The molecule has 0 aromatic heterocycles. The molecule has 4 rings (SSSR count). The Hall–Kier alpha value is -4.16. The second-order valence-electron chi connectivity index (χ2n) is 12.0. The summed E-state index contributed by atoms with van der Waals surface area (Å²) < 4.78 is 28.2. The number of halogens is 1. The van der Waals surface area contributed by atoms with E-state index in [9.17, 15) is 19.5 Å². The van der Waals surface area contributed by atoms with Crippen LogP contribution in [0.15, 0.2) is 60.7 Å². The number of hydrogen-bond donors (Lipinski definition) is 2. The second kappa shape index (κ2) is 15.6. The van der Waals surface area contributed by atoms with E-state index in [2.05, 4.69) is 0 Å². The fourth-order valence-electron chi connectivity index (χ4n) is 5.31. The highest BCUT2D eigenvalue weighted by molar-refractivity contribution is 6.30. The van der Waals surface area contributed by atoms with Crippen LogP contribution in [0.5, 0.6) is 17.2 Å². The van der Waals surface area contributed by atoms with Gasteiger partial charge in [0.15, 0.2) is 17.3 Å². The molecule has 1 aliphatic heterocycles. The van der Waals surface area contributed by atoms with Crippen molar-refractivity contribution in [3.63, 3.8) is 0 Å². The van der Waals surface area contributed by atoms with E-state index in [1.165, 1.54) is 21.3 Å². The molecular formula is C35H41ClN2O9. The molecular weight excluding hydrogens is 628 g/mol. The van der Waals surface area contributed by atoms with Crippen LogP contribution < -0.4 is 24.8 Å². The van der Waals surface area contributed by atoms with Gasteiger partial charge in [-0.25, -0.2) is 4.79 Å². The number of nitrogens with two attached hydrogens (primary N) is 1. The number of carbonyl (C=O) groups excluding carboxylic acids is 3. The number of Topliss-reactive ketones (excluding diaryl/α,β-unsaturated/α-hetero) is 1. The van der Waals surface area contributed by atoms with Crippen molar-refractivity contribution in [1.29, 1.82) is 0 Å². The predicted molar refractivity (Wildman–Crippen MR) is 176 cm³/mol. The minimum atomic E-state index is -1.23. The topological polar surface area (TPSA) is 147 Å². The summed E-state index contributed by atoms with van der Waals surface area (Å²) in [6.07, 6.45) is -2.26. The maximum atomic E-state index is 14.3. The number of aliphatic hydroxyl groups excluding tert-OH is 1. The average molecular weight is 669 g/mol. The molecule has 3 N–H and O–H groups in total. The van der Waals surface area contributed by atoms with Gasteiger partial charge in [-0.3, -0.25) is 9.59 Å². The molecule has 1 aliphatic rings. The summed E-state index contributed by atoms with van der Waals surface area (Å²) in [6.45, 7) is 3.75. The van der Waals surface area contributed by atoms with E-state index in [-0.39, 0.29) is 32.6 Å². The summed E-state index contributed by atoms with van der Waals surface area (Å²) in [6, 6.07) is 15.9. The van der Waals surface area contributed by atoms with Gasteiger partial charge in [0, 0.05) is 53.2 Å². The highest BCUT2D eigenvalue weighted by atomic mass is 35.5. The van der Waals surface area contributed by atoms with Crippen molar-refractivity contribution in [2.45, 2.75) is 44.9 Å². The third kappa shape index (κ3) is 8.41. The molecule has 3 aromatic carbocycles. The average Bonchev–Trinajstić information content (AvgIpc) is 3.17. The van der Waals surface area contributed by atoms with Crippen molar-refractivity contribution >= 4 is 34.9 Å². The Labute approximate surface area is 279 Å². The van der Waals surface area contributed by atoms with E-state index in [1.54, 1.807) is 65.6 Å². The van der Waals surface area contributed by atoms with E-state index < -0.39 is 41.3 Å². The van der Waals surface area contributed by atoms with Gasteiger partial charge in [-0.1, -0.05) is 37.6 Å². The van der Waals surface area contributed by atoms with Gasteiger partial charge >= 0.3 is 5.97 Å². The zero-order valence-electron chi connectivity index (χ0n) is 27.2. The molecule has 0 spiro atoms. The first-order valence-electron chi connectivity index (χ1n) is 15.1. The van der Waals surface area contributed by atoms with Crippen molar-refractivity contribution in [3.8, 4) is 17.2 Å². The first-order chi connectivity index (χ1) is 22.4. The number of nitrogens with zero attached hydrogens (tertiary/aromatic N) is 1. The minimum absolute atomic E-state index is 0.119. The van der Waals surface area contributed by atoms with Crippen LogP contribution in [0.3, 0.4) is 0 Å². The smallest absolute Gasteiger partial charge is 0.337 e. The van der Waals surface area contributed by atoms with E-state index >= 15 is 0 Å². The van der Waals surface area contributed by atoms with Crippen LogP contribution >= 0.6 is 11.6 Å². The molecule has 252 valence electrons. The Morgan fingerprint density at radius 1 is 1.04 bits per heavy atom. The Morgan fingerprint density at radius 2 is 1.77 bits per heavy atom. The summed E-state index contributed by atoms with van der Waals surface area (Å²) in [5.41, 5.74) is 7.67. The second-order valence-corrected chi connectivity index (χ2v) is 12.4. The number of benzene rings is 3. The molecule has 0 fully saturated rings. The number of ether oxygens (including phenoxy) is 5. The van der Waals surface area contributed by atoms with Gasteiger partial charge in [-0.2, -0.15) is 0 Å².